The van der Waals surface area contributed by atoms with Gasteiger partial charge < -0.3 is 14.8 Å². The third-order valence-electron chi connectivity index (χ3n) is 3.21. The molecule has 2 aromatic rings. The summed E-state index contributed by atoms with van der Waals surface area (Å²) >= 11 is 0. The van der Waals surface area contributed by atoms with Crippen molar-refractivity contribution >= 4 is 5.69 Å². The van der Waals surface area contributed by atoms with E-state index in [1.54, 1.807) is 0 Å². The van der Waals surface area contributed by atoms with Gasteiger partial charge in [0.1, 0.15) is 18.1 Å². The first-order valence-corrected chi connectivity index (χ1v) is 7.00. The van der Waals surface area contributed by atoms with E-state index >= 15 is 0 Å². The van der Waals surface area contributed by atoms with Crippen molar-refractivity contribution in [3.63, 3.8) is 0 Å². The van der Waals surface area contributed by atoms with Crippen molar-refractivity contribution in [2.45, 2.75) is 20.0 Å². The standard InChI is InChI=1S/C17H19NO2/c1-12(2)20-15-6-3-13(4-7-15)14-5-8-17-16(11-14)18-9-10-19-17/h3-8,11-12,18H,9-10H2,1-2H3. The molecule has 0 spiro atoms. The molecule has 0 radical (unpaired) electrons. The van der Waals surface area contributed by atoms with Crippen LogP contribution < -0.4 is 14.8 Å². The van der Waals surface area contributed by atoms with Gasteiger partial charge in [-0.15, -0.1) is 0 Å². The second kappa shape index (κ2) is 5.45. The molecule has 2 aromatic carbocycles. The van der Waals surface area contributed by atoms with E-state index in [4.69, 9.17) is 9.47 Å². The van der Waals surface area contributed by atoms with Gasteiger partial charge in [-0.05, 0) is 49.2 Å². The molecule has 0 aromatic heterocycles. The first-order valence-electron chi connectivity index (χ1n) is 7.00. The molecule has 3 rings (SSSR count). The van der Waals surface area contributed by atoms with Crippen LogP contribution in [0.1, 0.15) is 13.8 Å². The lowest BCUT2D eigenvalue weighted by molar-refractivity contribution is 0.242. The Balaban J connectivity index is 1.85. The Morgan fingerprint density at radius 3 is 2.55 bits per heavy atom. The number of hydrogen-bond acceptors (Lipinski definition) is 3. The van der Waals surface area contributed by atoms with Gasteiger partial charge in [-0.1, -0.05) is 18.2 Å². The maximum atomic E-state index is 5.66. The maximum Gasteiger partial charge on any atom is 0.142 e. The molecule has 104 valence electrons. The van der Waals surface area contributed by atoms with E-state index in [-0.39, 0.29) is 6.10 Å². The molecular weight excluding hydrogens is 250 g/mol. The van der Waals surface area contributed by atoms with Gasteiger partial charge in [0.15, 0.2) is 0 Å². The third-order valence-corrected chi connectivity index (χ3v) is 3.21. The van der Waals surface area contributed by atoms with Crippen molar-refractivity contribution in [2.24, 2.45) is 0 Å². The van der Waals surface area contributed by atoms with Crippen molar-refractivity contribution in [3.8, 4) is 22.6 Å². The van der Waals surface area contributed by atoms with Crippen molar-refractivity contribution < 1.29 is 9.47 Å². The zero-order valence-corrected chi connectivity index (χ0v) is 11.8. The molecule has 20 heavy (non-hydrogen) atoms. The first kappa shape index (κ1) is 12.9. The molecule has 0 fully saturated rings. The first-order chi connectivity index (χ1) is 9.72. The number of fused-ring (bicyclic) bond motifs is 1. The van der Waals surface area contributed by atoms with Crippen LogP contribution in [0.5, 0.6) is 11.5 Å². The second-order valence-electron chi connectivity index (χ2n) is 5.18. The van der Waals surface area contributed by atoms with E-state index in [9.17, 15) is 0 Å². The van der Waals surface area contributed by atoms with Gasteiger partial charge in [0.25, 0.3) is 0 Å². The molecule has 0 atom stereocenters. The van der Waals surface area contributed by atoms with Crippen LogP contribution in [0, 0.1) is 0 Å². The fourth-order valence-electron chi connectivity index (χ4n) is 2.32. The highest BCUT2D eigenvalue weighted by molar-refractivity contribution is 5.72. The number of benzene rings is 2. The summed E-state index contributed by atoms with van der Waals surface area (Å²) in [7, 11) is 0. The molecule has 1 N–H and O–H groups in total. The molecule has 0 unspecified atom stereocenters. The number of anilines is 1. The Kier molecular flexibility index (Phi) is 3.50. The van der Waals surface area contributed by atoms with E-state index in [0.29, 0.717) is 0 Å². The fourth-order valence-corrected chi connectivity index (χ4v) is 2.32. The second-order valence-corrected chi connectivity index (χ2v) is 5.18. The number of rotatable bonds is 3. The van der Waals surface area contributed by atoms with Gasteiger partial charge in [-0.3, -0.25) is 0 Å². The van der Waals surface area contributed by atoms with Crippen molar-refractivity contribution in [3.05, 3.63) is 42.5 Å². The minimum atomic E-state index is 0.200. The van der Waals surface area contributed by atoms with E-state index in [1.165, 1.54) is 11.1 Å². The zero-order valence-electron chi connectivity index (χ0n) is 11.8. The quantitative estimate of drug-likeness (QED) is 0.915. The molecule has 0 saturated carbocycles. The summed E-state index contributed by atoms with van der Waals surface area (Å²) in [6, 6.07) is 14.4. The lowest BCUT2D eigenvalue weighted by Gasteiger charge is -2.19. The summed E-state index contributed by atoms with van der Waals surface area (Å²) in [5.41, 5.74) is 3.42. The summed E-state index contributed by atoms with van der Waals surface area (Å²) in [5.74, 6) is 1.84. The van der Waals surface area contributed by atoms with Crippen LogP contribution in [0.4, 0.5) is 5.69 Å². The van der Waals surface area contributed by atoms with E-state index < -0.39 is 0 Å². The van der Waals surface area contributed by atoms with Gasteiger partial charge in [0.2, 0.25) is 0 Å². The highest BCUT2D eigenvalue weighted by atomic mass is 16.5. The van der Waals surface area contributed by atoms with Crippen LogP contribution in [0.3, 0.4) is 0 Å². The van der Waals surface area contributed by atoms with Crippen molar-refractivity contribution in [2.75, 3.05) is 18.5 Å². The minimum absolute atomic E-state index is 0.200. The Bertz CT molecular complexity index is 590. The lowest BCUT2D eigenvalue weighted by atomic mass is 10.0. The molecule has 1 heterocycles. The molecule has 0 saturated heterocycles. The molecule has 1 aliphatic heterocycles. The normalized spacial score (nSPS) is 13.3. The Labute approximate surface area is 119 Å². The van der Waals surface area contributed by atoms with Crippen molar-refractivity contribution in [1.29, 1.82) is 0 Å². The van der Waals surface area contributed by atoms with Gasteiger partial charge in [0, 0.05) is 6.54 Å². The van der Waals surface area contributed by atoms with Gasteiger partial charge in [-0.2, -0.15) is 0 Å². The predicted octanol–water partition coefficient (Wildman–Crippen LogP) is 3.95. The monoisotopic (exact) mass is 269 g/mol. The van der Waals surface area contributed by atoms with Gasteiger partial charge in [0.05, 0.1) is 11.8 Å². The SMILES string of the molecule is CC(C)Oc1ccc(-c2ccc3c(c2)NCCO3)cc1. The average Bonchev–Trinajstić information content (AvgIpc) is 2.47. The van der Waals surface area contributed by atoms with Crippen LogP contribution in [0.25, 0.3) is 11.1 Å². The summed E-state index contributed by atoms with van der Waals surface area (Å²) in [5, 5.41) is 3.36. The highest BCUT2D eigenvalue weighted by Gasteiger charge is 2.10. The highest BCUT2D eigenvalue weighted by Crippen LogP contribution is 2.32. The van der Waals surface area contributed by atoms with E-state index in [0.717, 1.165) is 30.3 Å². The molecule has 1 aliphatic rings. The number of nitrogens with one attached hydrogen (secondary N) is 1. The van der Waals surface area contributed by atoms with Gasteiger partial charge in [-0.25, -0.2) is 0 Å². The summed E-state index contributed by atoms with van der Waals surface area (Å²) in [4.78, 5) is 0. The summed E-state index contributed by atoms with van der Waals surface area (Å²) in [6.07, 6.45) is 0.200. The number of hydrogen-bond donors (Lipinski definition) is 1. The molecular formula is C17H19NO2. The fraction of sp³-hybridized carbons (Fsp3) is 0.294. The molecule has 0 amide bonds. The van der Waals surface area contributed by atoms with Crippen LogP contribution in [-0.4, -0.2) is 19.3 Å². The summed E-state index contributed by atoms with van der Waals surface area (Å²) in [6.45, 7) is 5.65. The molecule has 3 nitrogen and oxygen atoms in total. The number of ether oxygens (including phenoxy) is 2. The van der Waals surface area contributed by atoms with Gasteiger partial charge >= 0.3 is 0 Å². The average molecular weight is 269 g/mol. The Hall–Kier alpha value is -2.16. The smallest absolute Gasteiger partial charge is 0.142 e. The predicted molar refractivity (Wildman–Crippen MR) is 81.6 cm³/mol. The van der Waals surface area contributed by atoms with Crippen LogP contribution in [-0.2, 0) is 0 Å². The Morgan fingerprint density at radius 1 is 1.05 bits per heavy atom. The van der Waals surface area contributed by atoms with Crippen LogP contribution >= 0.6 is 0 Å². The lowest BCUT2D eigenvalue weighted by Crippen LogP contribution is -2.17. The zero-order chi connectivity index (χ0) is 13.9. The molecule has 0 aliphatic carbocycles. The molecule has 0 bridgehead atoms. The maximum absolute atomic E-state index is 5.66. The van der Waals surface area contributed by atoms with Crippen LogP contribution in [0.2, 0.25) is 0 Å². The minimum Gasteiger partial charge on any atom is -0.491 e. The largest absolute Gasteiger partial charge is 0.491 e. The summed E-state index contributed by atoms with van der Waals surface area (Å²) < 4.78 is 11.3. The topological polar surface area (TPSA) is 30.5 Å². The third kappa shape index (κ3) is 2.72. The van der Waals surface area contributed by atoms with E-state index in [2.05, 4.69) is 29.6 Å². The van der Waals surface area contributed by atoms with Crippen molar-refractivity contribution in [1.82, 2.24) is 0 Å². The molecule has 3 heteroatoms. The Morgan fingerprint density at radius 2 is 1.80 bits per heavy atom. The van der Waals surface area contributed by atoms with Crippen LogP contribution in [0.15, 0.2) is 42.5 Å². The van der Waals surface area contributed by atoms with E-state index in [1.807, 2.05) is 32.0 Å².